The summed E-state index contributed by atoms with van der Waals surface area (Å²) in [5.41, 5.74) is 4.08. The van der Waals surface area contributed by atoms with Gasteiger partial charge in [0.15, 0.2) is 10.9 Å². The molecule has 1 saturated carbocycles. The average Bonchev–Trinajstić information content (AvgIpc) is 3.32. The molecule has 6 nitrogen and oxygen atoms in total. The fourth-order valence-corrected chi connectivity index (χ4v) is 5.43. The number of ether oxygens (including phenoxy) is 1. The summed E-state index contributed by atoms with van der Waals surface area (Å²) in [6.07, 6.45) is 5.53. The lowest BCUT2D eigenvalue weighted by Gasteiger charge is -2.20. The molecule has 0 spiro atoms. The number of ketones is 1. The van der Waals surface area contributed by atoms with Gasteiger partial charge < -0.3 is 14.6 Å². The highest BCUT2D eigenvalue weighted by Crippen LogP contribution is 2.31. The monoisotopic (exact) mass is 484 g/mol. The molecule has 1 atom stereocenters. The summed E-state index contributed by atoms with van der Waals surface area (Å²) in [6, 6.07) is 10.2. The molecular weight excluding hydrogens is 464 g/mol. The van der Waals surface area contributed by atoms with Gasteiger partial charge in [0, 0.05) is 19.0 Å². The molecule has 0 bridgehead atoms. The first-order valence-electron chi connectivity index (χ1n) is 9.98. The van der Waals surface area contributed by atoms with Crippen LogP contribution in [0.2, 0.25) is 0 Å². The predicted molar refractivity (Wildman–Crippen MR) is 124 cm³/mol. The molecule has 30 heavy (non-hydrogen) atoms. The summed E-state index contributed by atoms with van der Waals surface area (Å²) >= 11 is 5.12. The van der Waals surface area contributed by atoms with Gasteiger partial charge in [0.05, 0.1) is 45.2 Å². The van der Waals surface area contributed by atoms with Crippen LogP contribution in [0, 0.1) is 0 Å². The first kappa shape index (κ1) is 19.5. The van der Waals surface area contributed by atoms with Crippen LogP contribution in [0.15, 0.2) is 41.1 Å². The molecule has 154 valence electrons. The standard InChI is InChI=1S/C22H21BrN4O2S/c1-29-20-10-18-17(9-14(20)23)24-12-27(18)11-13-6-7-16-21(8-13)30-22(26-16)25-15-4-2-3-5-19(15)28/h6-10,12,15H,2-5,11H2,1H3,(H,25,26)/t15-/m1/s1. The van der Waals surface area contributed by atoms with Crippen LogP contribution in [0.4, 0.5) is 5.13 Å². The van der Waals surface area contributed by atoms with Gasteiger partial charge in [-0.15, -0.1) is 0 Å². The Morgan fingerprint density at radius 3 is 3.00 bits per heavy atom. The summed E-state index contributed by atoms with van der Waals surface area (Å²) in [4.78, 5) is 21.3. The minimum absolute atomic E-state index is 0.0922. The van der Waals surface area contributed by atoms with Crippen molar-refractivity contribution in [3.8, 4) is 5.75 Å². The number of methoxy groups -OCH3 is 1. The number of imidazole rings is 1. The molecule has 2 aromatic carbocycles. The van der Waals surface area contributed by atoms with Crippen molar-refractivity contribution in [2.75, 3.05) is 12.4 Å². The van der Waals surface area contributed by atoms with E-state index in [-0.39, 0.29) is 6.04 Å². The molecule has 2 aromatic heterocycles. The number of carbonyl (C=O) groups excluding carboxylic acids is 1. The molecule has 1 aliphatic carbocycles. The van der Waals surface area contributed by atoms with Crippen LogP contribution in [0.3, 0.4) is 0 Å². The Balaban J connectivity index is 1.40. The summed E-state index contributed by atoms with van der Waals surface area (Å²) < 4.78 is 9.56. The second kappa shape index (κ2) is 8.00. The van der Waals surface area contributed by atoms with E-state index in [1.807, 2.05) is 24.5 Å². The molecule has 0 unspecified atom stereocenters. The molecular formula is C22H21BrN4O2S. The maximum Gasteiger partial charge on any atom is 0.184 e. The Morgan fingerprint density at radius 2 is 2.17 bits per heavy atom. The highest BCUT2D eigenvalue weighted by Gasteiger charge is 2.23. The molecule has 0 saturated heterocycles. The first-order chi connectivity index (χ1) is 14.6. The molecule has 0 radical (unpaired) electrons. The van der Waals surface area contributed by atoms with Gasteiger partial charge in [0.1, 0.15) is 5.75 Å². The molecule has 1 N–H and O–H groups in total. The number of carbonyl (C=O) groups is 1. The molecule has 5 rings (SSSR count). The second-order valence-electron chi connectivity index (χ2n) is 7.58. The number of Topliss-reactive ketones (excluding diaryl/α,β-unsaturated/α-hetero) is 1. The number of nitrogens with one attached hydrogen (secondary N) is 1. The number of rotatable bonds is 5. The van der Waals surface area contributed by atoms with Crippen LogP contribution in [0.5, 0.6) is 5.75 Å². The van der Waals surface area contributed by atoms with Crippen LogP contribution >= 0.6 is 27.3 Å². The number of hydrogen-bond acceptors (Lipinski definition) is 6. The third-order valence-electron chi connectivity index (χ3n) is 5.55. The van der Waals surface area contributed by atoms with E-state index in [9.17, 15) is 4.79 Å². The van der Waals surface area contributed by atoms with E-state index in [0.717, 1.165) is 55.9 Å². The molecule has 1 fully saturated rings. The number of halogens is 1. The van der Waals surface area contributed by atoms with Crippen molar-refractivity contribution < 1.29 is 9.53 Å². The zero-order valence-electron chi connectivity index (χ0n) is 16.5. The van der Waals surface area contributed by atoms with Crippen molar-refractivity contribution in [2.45, 2.75) is 38.3 Å². The first-order valence-corrected chi connectivity index (χ1v) is 11.6. The molecule has 8 heteroatoms. The lowest BCUT2D eigenvalue weighted by atomic mass is 9.94. The normalized spacial score (nSPS) is 17.0. The Kier molecular flexibility index (Phi) is 5.20. The van der Waals surface area contributed by atoms with Gasteiger partial charge in [-0.2, -0.15) is 0 Å². The van der Waals surface area contributed by atoms with E-state index < -0.39 is 0 Å². The summed E-state index contributed by atoms with van der Waals surface area (Å²) in [5.74, 6) is 1.09. The minimum Gasteiger partial charge on any atom is -0.495 e. The average molecular weight is 485 g/mol. The number of fused-ring (bicyclic) bond motifs is 2. The molecule has 2 heterocycles. The van der Waals surface area contributed by atoms with Crippen molar-refractivity contribution >= 4 is 59.4 Å². The number of aromatic nitrogens is 3. The van der Waals surface area contributed by atoms with Gasteiger partial charge in [0.25, 0.3) is 0 Å². The minimum atomic E-state index is -0.0922. The highest BCUT2D eigenvalue weighted by atomic mass is 79.9. The van der Waals surface area contributed by atoms with Gasteiger partial charge in [-0.05, 0) is 52.5 Å². The maximum atomic E-state index is 12.1. The smallest absolute Gasteiger partial charge is 0.184 e. The van der Waals surface area contributed by atoms with Gasteiger partial charge in [-0.1, -0.05) is 23.8 Å². The van der Waals surface area contributed by atoms with E-state index >= 15 is 0 Å². The number of benzene rings is 2. The Labute approximate surface area is 186 Å². The van der Waals surface area contributed by atoms with E-state index in [4.69, 9.17) is 4.74 Å². The van der Waals surface area contributed by atoms with Crippen LogP contribution in [-0.2, 0) is 11.3 Å². The van der Waals surface area contributed by atoms with Crippen molar-refractivity contribution in [2.24, 2.45) is 0 Å². The van der Waals surface area contributed by atoms with Gasteiger partial charge in [-0.25, -0.2) is 9.97 Å². The number of thiazole rings is 1. The second-order valence-corrected chi connectivity index (χ2v) is 9.46. The van der Waals surface area contributed by atoms with Gasteiger partial charge in [-0.3, -0.25) is 4.79 Å². The van der Waals surface area contributed by atoms with Crippen LogP contribution in [-0.4, -0.2) is 33.5 Å². The van der Waals surface area contributed by atoms with E-state index in [1.165, 1.54) is 5.56 Å². The van der Waals surface area contributed by atoms with Gasteiger partial charge in [0.2, 0.25) is 0 Å². The van der Waals surface area contributed by atoms with Crippen molar-refractivity contribution in [1.29, 1.82) is 0 Å². The fraction of sp³-hybridized carbons (Fsp3) is 0.318. The van der Waals surface area contributed by atoms with Crippen molar-refractivity contribution in [1.82, 2.24) is 14.5 Å². The Bertz CT molecular complexity index is 1250. The van der Waals surface area contributed by atoms with Crippen molar-refractivity contribution in [3.05, 3.63) is 46.7 Å². The van der Waals surface area contributed by atoms with E-state index in [1.54, 1.807) is 18.4 Å². The molecule has 1 aliphatic rings. The predicted octanol–water partition coefficient (Wildman–Crippen LogP) is 5.39. The molecule has 4 aromatic rings. The zero-order valence-corrected chi connectivity index (χ0v) is 18.9. The lowest BCUT2D eigenvalue weighted by molar-refractivity contribution is -0.121. The maximum absolute atomic E-state index is 12.1. The zero-order chi connectivity index (χ0) is 20.7. The quantitative estimate of drug-likeness (QED) is 0.411. The number of hydrogen-bond donors (Lipinski definition) is 1. The Hall–Kier alpha value is -2.45. The summed E-state index contributed by atoms with van der Waals surface area (Å²) in [7, 11) is 1.66. The highest BCUT2D eigenvalue weighted by molar-refractivity contribution is 9.10. The van der Waals surface area contributed by atoms with Crippen LogP contribution < -0.4 is 10.1 Å². The molecule has 0 aliphatic heterocycles. The Morgan fingerprint density at radius 1 is 1.27 bits per heavy atom. The fourth-order valence-electron chi connectivity index (χ4n) is 3.95. The number of anilines is 1. The summed E-state index contributed by atoms with van der Waals surface area (Å²) in [5, 5.41) is 4.18. The SMILES string of the molecule is COc1cc2c(cc1Br)ncn2Cc1ccc2nc(N[C@@H]3CCCCC3=O)sc2c1. The topological polar surface area (TPSA) is 69.0 Å². The van der Waals surface area contributed by atoms with Crippen LogP contribution in [0.25, 0.3) is 21.3 Å². The van der Waals surface area contributed by atoms with E-state index in [0.29, 0.717) is 18.7 Å². The third kappa shape index (κ3) is 3.70. The molecule has 0 amide bonds. The lowest BCUT2D eigenvalue weighted by Crippen LogP contribution is -2.32. The van der Waals surface area contributed by atoms with Crippen LogP contribution in [0.1, 0.15) is 31.2 Å². The van der Waals surface area contributed by atoms with E-state index in [2.05, 4.69) is 47.9 Å². The summed E-state index contributed by atoms with van der Waals surface area (Å²) in [6.45, 7) is 0.707. The van der Waals surface area contributed by atoms with Crippen molar-refractivity contribution in [3.63, 3.8) is 0 Å². The number of nitrogens with zero attached hydrogens (tertiary/aromatic N) is 3. The third-order valence-corrected chi connectivity index (χ3v) is 7.12. The largest absolute Gasteiger partial charge is 0.495 e. The van der Waals surface area contributed by atoms with Gasteiger partial charge >= 0.3 is 0 Å².